The molecule has 82 valence electrons. The summed E-state index contributed by atoms with van der Waals surface area (Å²) in [5.74, 6) is 0. The average Bonchev–Trinajstić information content (AvgIpc) is 2.77. The first-order chi connectivity index (χ1) is 7.70. The van der Waals surface area contributed by atoms with E-state index in [1.54, 1.807) is 29.2 Å². The predicted octanol–water partition coefficient (Wildman–Crippen LogP) is 1.27. The second-order valence-electron chi connectivity index (χ2n) is 3.20. The molecule has 6 nitrogen and oxygen atoms in total. The zero-order chi connectivity index (χ0) is 11.5. The molecule has 0 radical (unpaired) electrons. The van der Waals surface area contributed by atoms with E-state index in [0.29, 0.717) is 5.69 Å². The first-order valence-corrected chi connectivity index (χ1v) is 4.59. The Labute approximate surface area is 90.9 Å². The highest BCUT2D eigenvalue weighted by Gasteiger charge is 2.05. The monoisotopic (exact) mass is 219 g/mol. The quantitative estimate of drug-likeness (QED) is 0.622. The van der Waals surface area contributed by atoms with E-state index in [2.05, 4.69) is 4.98 Å². The van der Waals surface area contributed by atoms with E-state index in [-0.39, 0.29) is 12.3 Å². The van der Waals surface area contributed by atoms with Gasteiger partial charge in [0, 0.05) is 24.0 Å². The van der Waals surface area contributed by atoms with Gasteiger partial charge in [-0.05, 0) is 12.1 Å². The first kappa shape index (κ1) is 10.3. The van der Waals surface area contributed by atoms with Crippen molar-refractivity contribution < 1.29 is 10.0 Å². The molecule has 1 heterocycles. The predicted molar refractivity (Wildman–Crippen MR) is 56.1 cm³/mol. The summed E-state index contributed by atoms with van der Waals surface area (Å²) < 4.78 is 1.69. The van der Waals surface area contributed by atoms with Gasteiger partial charge < -0.3 is 9.67 Å². The van der Waals surface area contributed by atoms with Gasteiger partial charge in [0.15, 0.2) is 0 Å². The van der Waals surface area contributed by atoms with Crippen molar-refractivity contribution in [2.24, 2.45) is 0 Å². The molecule has 0 saturated carbocycles. The molecule has 0 unspecified atom stereocenters. The average molecular weight is 219 g/mol. The molecule has 0 bridgehead atoms. The number of hydrogen-bond donors (Lipinski definition) is 1. The van der Waals surface area contributed by atoms with Crippen molar-refractivity contribution in [2.45, 2.75) is 6.61 Å². The van der Waals surface area contributed by atoms with Gasteiger partial charge in [-0.25, -0.2) is 4.98 Å². The van der Waals surface area contributed by atoms with Gasteiger partial charge in [-0.1, -0.05) is 0 Å². The van der Waals surface area contributed by atoms with Gasteiger partial charge in [-0.2, -0.15) is 0 Å². The van der Waals surface area contributed by atoms with E-state index in [0.717, 1.165) is 5.69 Å². The maximum absolute atomic E-state index is 10.5. The number of benzene rings is 1. The van der Waals surface area contributed by atoms with Gasteiger partial charge in [0.1, 0.15) is 0 Å². The van der Waals surface area contributed by atoms with Crippen molar-refractivity contribution in [1.29, 1.82) is 0 Å². The van der Waals surface area contributed by atoms with E-state index < -0.39 is 4.92 Å². The molecule has 0 aliphatic heterocycles. The highest BCUT2D eigenvalue weighted by atomic mass is 16.6. The number of aliphatic hydroxyl groups excluding tert-OH is 1. The first-order valence-electron chi connectivity index (χ1n) is 4.59. The Kier molecular flexibility index (Phi) is 2.65. The second-order valence-corrected chi connectivity index (χ2v) is 3.20. The van der Waals surface area contributed by atoms with Crippen LogP contribution in [0.3, 0.4) is 0 Å². The molecule has 1 N–H and O–H groups in total. The SMILES string of the molecule is O=[N+]([O-])c1ccc(-n2cnc(CO)c2)cc1. The zero-order valence-corrected chi connectivity index (χ0v) is 8.28. The second kappa shape index (κ2) is 4.11. The highest BCUT2D eigenvalue weighted by molar-refractivity contribution is 5.40. The Balaban J connectivity index is 2.30. The standard InChI is InChI=1S/C10H9N3O3/c14-6-8-5-12(7-11-8)9-1-3-10(4-2-9)13(15)16/h1-5,7,14H,6H2. The minimum absolute atomic E-state index is 0.0475. The fourth-order valence-electron chi connectivity index (χ4n) is 1.33. The summed E-state index contributed by atoms with van der Waals surface area (Å²) in [6.07, 6.45) is 3.22. The van der Waals surface area contributed by atoms with Crippen molar-refractivity contribution in [3.8, 4) is 5.69 Å². The minimum atomic E-state index is -0.448. The third-order valence-corrected chi connectivity index (χ3v) is 2.16. The summed E-state index contributed by atoms with van der Waals surface area (Å²) in [7, 11) is 0. The van der Waals surface area contributed by atoms with Crippen molar-refractivity contribution in [3.63, 3.8) is 0 Å². The third kappa shape index (κ3) is 1.91. The Morgan fingerprint density at radius 3 is 2.56 bits per heavy atom. The van der Waals surface area contributed by atoms with Crippen LogP contribution in [0.1, 0.15) is 5.69 Å². The summed E-state index contributed by atoms with van der Waals surface area (Å²) in [5.41, 5.74) is 1.36. The lowest BCUT2D eigenvalue weighted by atomic mass is 10.3. The smallest absolute Gasteiger partial charge is 0.269 e. The zero-order valence-electron chi connectivity index (χ0n) is 8.28. The van der Waals surface area contributed by atoms with Crippen LogP contribution in [0.5, 0.6) is 0 Å². The summed E-state index contributed by atoms with van der Waals surface area (Å²) in [4.78, 5) is 14.0. The Bertz CT molecular complexity index is 504. The van der Waals surface area contributed by atoms with Crippen LogP contribution in [-0.2, 0) is 6.61 Å². The number of rotatable bonds is 3. The van der Waals surface area contributed by atoms with Gasteiger partial charge in [-0.15, -0.1) is 0 Å². The molecule has 2 rings (SSSR count). The fraction of sp³-hybridized carbons (Fsp3) is 0.100. The molecule has 1 aromatic heterocycles. The molecule has 0 spiro atoms. The topological polar surface area (TPSA) is 81.2 Å². The van der Waals surface area contributed by atoms with Crippen LogP contribution in [0.4, 0.5) is 5.69 Å². The van der Waals surface area contributed by atoms with E-state index in [1.165, 1.54) is 12.1 Å². The van der Waals surface area contributed by atoms with E-state index in [4.69, 9.17) is 5.11 Å². The van der Waals surface area contributed by atoms with Crippen LogP contribution in [0.15, 0.2) is 36.8 Å². The van der Waals surface area contributed by atoms with Crippen molar-refractivity contribution in [2.75, 3.05) is 0 Å². The maximum Gasteiger partial charge on any atom is 0.269 e. The molecular weight excluding hydrogens is 210 g/mol. The molecule has 0 amide bonds. The lowest BCUT2D eigenvalue weighted by molar-refractivity contribution is -0.384. The van der Waals surface area contributed by atoms with E-state index in [1.807, 2.05) is 0 Å². The van der Waals surface area contributed by atoms with E-state index in [9.17, 15) is 10.1 Å². The number of aliphatic hydroxyl groups is 1. The van der Waals surface area contributed by atoms with Gasteiger partial charge in [0.05, 0.1) is 23.6 Å². The molecule has 0 aliphatic carbocycles. The fourth-order valence-corrected chi connectivity index (χ4v) is 1.33. The summed E-state index contributed by atoms with van der Waals surface area (Å²) in [6, 6.07) is 6.10. The number of nitro groups is 1. The van der Waals surface area contributed by atoms with Crippen LogP contribution in [0, 0.1) is 10.1 Å². The lowest BCUT2D eigenvalue weighted by Crippen LogP contribution is -1.92. The van der Waals surface area contributed by atoms with Crippen LogP contribution in [-0.4, -0.2) is 19.6 Å². The number of non-ortho nitro benzene ring substituents is 1. The summed E-state index contributed by atoms with van der Waals surface area (Å²) >= 11 is 0. The minimum Gasteiger partial charge on any atom is -0.390 e. The van der Waals surface area contributed by atoms with Gasteiger partial charge >= 0.3 is 0 Å². The summed E-state index contributed by atoms with van der Waals surface area (Å²) in [6.45, 7) is -0.125. The number of nitrogens with zero attached hydrogens (tertiary/aromatic N) is 3. The third-order valence-electron chi connectivity index (χ3n) is 2.16. The lowest BCUT2D eigenvalue weighted by Gasteiger charge is -2.00. The maximum atomic E-state index is 10.5. The normalized spacial score (nSPS) is 10.3. The molecule has 1 aromatic carbocycles. The van der Waals surface area contributed by atoms with Crippen molar-refractivity contribution in [1.82, 2.24) is 9.55 Å². The van der Waals surface area contributed by atoms with E-state index >= 15 is 0 Å². The molecule has 2 aromatic rings. The molecule has 0 fully saturated rings. The van der Waals surface area contributed by atoms with Crippen LogP contribution in [0.2, 0.25) is 0 Å². The molecule has 0 saturated heterocycles. The number of imidazole rings is 1. The van der Waals surface area contributed by atoms with Crippen LogP contribution >= 0.6 is 0 Å². The van der Waals surface area contributed by atoms with Gasteiger partial charge in [0.25, 0.3) is 5.69 Å². The molecule has 6 heteroatoms. The van der Waals surface area contributed by atoms with Gasteiger partial charge in [0.2, 0.25) is 0 Å². The van der Waals surface area contributed by atoms with Crippen molar-refractivity contribution >= 4 is 5.69 Å². The largest absolute Gasteiger partial charge is 0.390 e. The number of nitro benzene ring substituents is 1. The number of hydrogen-bond acceptors (Lipinski definition) is 4. The summed E-state index contributed by atoms with van der Waals surface area (Å²) in [5, 5.41) is 19.3. The molecular formula is C10H9N3O3. The molecule has 0 aliphatic rings. The molecule has 0 atom stereocenters. The Morgan fingerprint density at radius 1 is 1.38 bits per heavy atom. The van der Waals surface area contributed by atoms with Crippen molar-refractivity contribution in [3.05, 3.63) is 52.6 Å². The Morgan fingerprint density at radius 2 is 2.06 bits per heavy atom. The Hall–Kier alpha value is -2.21. The molecule has 16 heavy (non-hydrogen) atoms. The van der Waals surface area contributed by atoms with Gasteiger partial charge in [-0.3, -0.25) is 10.1 Å². The highest BCUT2D eigenvalue weighted by Crippen LogP contribution is 2.15. The van der Waals surface area contributed by atoms with Crippen LogP contribution in [0.25, 0.3) is 5.69 Å². The van der Waals surface area contributed by atoms with Crippen LogP contribution < -0.4 is 0 Å². The number of aromatic nitrogens is 2.